The molecule has 0 saturated heterocycles. The predicted molar refractivity (Wildman–Crippen MR) is 142 cm³/mol. The molecule has 0 aliphatic rings. The zero-order valence-electron chi connectivity index (χ0n) is 21.7. The van der Waals surface area contributed by atoms with Crippen molar-refractivity contribution in [1.29, 1.82) is 0 Å². The van der Waals surface area contributed by atoms with Crippen molar-refractivity contribution in [2.24, 2.45) is 0 Å². The highest BCUT2D eigenvalue weighted by atomic mass is 32.1. The molecule has 8 nitrogen and oxygen atoms in total. The molecule has 2 aromatic carbocycles. The Morgan fingerprint density at radius 2 is 1.70 bits per heavy atom. The van der Waals surface area contributed by atoms with Gasteiger partial charge in [-0.3, -0.25) is 0 Å². The molecule has 0 radical (unpaired) electrons. The zero-order chi connectivity index (χ0) is 28.9. The molecule has 0 bridgehead atoms. The average molecular weight is 575 g/mol. The van der Waals surface area contributed by atoms with E-state index in [0.29, 0.717) is 49.6 Å². The highest BCUT2D eigenvalue weighted by Gasteiger charge is 2.31. The number of benzene rings is 2. The Balaban J connectivity index is 1.59. The third-order valence-electron chi connectivity index (χ3n) is 5.25. The van der Waals surface area contributed by atoms with Gasteiger partial charge in [0.1, 0.15) is 28.9 Å². The summed E-state index contributed by atoms with van der Waals surface area (Å²) >= 11 is 1.33. The van der Waals surface area contributed by atoms with Crippen molar-refractivity contribution < 1.29 is 42.0 Å². The van der Waals surface area contributed by atoms with Crippen molar-refractivity contribution in [3.05, 3.63) is 71.4 Å². The highest BCUT2D eigenvalue weighted by molar-refractivity contribution is 7.15. The number of pyridine rings is 1. The van der Waals surface area contributed by atoms with E-state index in [1.165, 1.54) is 35.6 Å². The van der Waals surface area contributed by atoms with Gasteiger partial charge in [-0.05, 0) is 80.4 Å². The molecule has 4 aromatic rings. The second-order valence-corrected chi connectivity index (χ2v) is 9.89. The summed E-state index contributed by atoms with van der Waals surface area (Å²) in [5, 5.41) is 9.43. The lowest BCUT2D eigenvalue weighted by atomic mass is 10.1. The minimum absolute atomic E-state index is 0.0456. The number of hydrogen-bond acceptors (Lipinski definition) is 8. The molecule has 1 N–H and O–H groups in total. The largest absolute Gasteiger partial charge is 0.573 e. The van der Waals surface area contributed by atoms with Gasteiger partial charge < -0.3 is 24.1 Å². The van der Waals surface area contributed by atoms with E-state index in [-0.39, 0.29) is 18.5 Å². The molecule has 0 aliphatic carbocycles. The molecular weight excluding hydrogens is 549 g/mol. The third-order valence-corrected chi connectivity index (χ3v) is 6.33. The molecule has 0 unspecified atom stereocenters. The van der Waals surface area contributed by atoms with Crippen molar-refractivity contribution in [2.45, 2.75) is 39.8 Å². The maximum Gasteiger partial charge on any atom is 0.573 e. The number of ether oxygens (including phenoxy) is 4. The minimum Gasteiger partial charge on any atom is -0.486 e. The molecule has 0 atom stereocenters. The van der Waals surface area contributed by atoms with Gasteiger partial charge in [-0.15, -0.1) is 24.5 Å². The predicted octanol–water partition coefficient (Wildman–Crippen LogP) is 6.91. The Labute approximate surface area is 232 Å². The topological polar surface area (TPSA) is 100 Å². The minimum atomic E-state index is -4.79. The Bertz CT molecular complexity index is 1450. The number of nitrogens with zero attached hydrogens (tertiary/aromatic N) is 2. The summed E-state index contributed by atoms with van der Waals surface area (Å²) in [5.74, 6) is 0.0237. The molecule has 0 spiro atoms. The van der Waals surface area contributed by atoms with E-state index in [2.05, 4.69) is 9.72 Å². The van der Waals surface area contributed by atoms with Crippen LogP contribution >= 0.6 is 11.3 Å². The van der Waals surface area contributed by atoms with Crippen LogP contribution in [0.5, 0.6) is 23.1 Å². The average Bonchev–Trinajstić information content (AvgIpc) is 3.31. The number of carbonyl (C=O) groups is 1. The van der Waals surface area contributed by atoms with E-state index in [9.17, 15) is 18.0 Å². The van der Waals surface area contributed by atoms with Crippen LogP contribution in [0.4, 0.5) is 13.2 Å². The van der Waals surface area contributed by atoms with E-state index in [0.717, 1.165) is 0 Å². The fourth-order valence-corrected chi connectivity index (χ4v) is 4.62. The van der Waals surface area contributed by atoms with Crippen LogP contribution in [-0.2, 0) is 11.4 Å². The number of alkyl halides is 3. The molecule has 12 heteroatoms. The van der Waals surface area contributed by atoms with E-state index in [4.69, 9.17) is 24.3 Å². The lowest BCUT2D eigenvalue weighted by Crippen LogP contribution is -2.16. The molecule has 2 aromatic heterocycles. The molecule has 210 valence electrons. The first-order chi connectivity index (χ1) is 19.0. The van der Waals surface area contributed by atoms with Crippen LogP contribution in [0.3, 0.4) is 0 Å². The molecule has 0 saturated carbocycles. The SMILES string of the molecule is Cc1cc(OCc2nc(-c3ccc(OC(C)C)nc3)c(-c3ccc(OC(F)(F)F)cc3)s2)ccc1OCC(=O)O. The second kappa shape index (κ2) is 12.2. The van der Waals surface area contributed by atoms with Gasteiger partial charge >= 0.3 is 12.3 Å². The summed E-state index contributed by atoms with van der Waals surface area (Å²) in [6.07, 6.45) is -3.20. The molecule has 2 heterocycles. The van der Waals surface area contributed by atoms with Crippen LogP contribution in [0.15, 0.2) is 60.8 Å². The fourth-order valence-electron chi connectivity index (χ4n) is 3.62. The summed E-state index contributed by atoms with van der Waals surface area (Å²) in [7, 11) is 0. The molecule has 0 amide bonds. The Hall–Kier alpha value is -4.32. The standard InChI is InChI=1S/C28H25F3N2O6S/c1-16(2)38-23-11-6-19(13-32-23)26-27(18-4-7-20(8-5-18)39-28(29,30)31)40-24(33-26)14-36-21-9-10-22(17(3)12-21)37-15-25(34)35/h4-13,16H,14-15H2,1-3H3,(H,34,35). The molecular formula is C28H25F3N2O6S. The van der Waals surface area contributed by atoms with Crippen LogP contribution < -0.4 is 18.9 Å². The number of hydrogen-bond donors (Lipinski definition) is 1. The fraction of sp³-hybridized carbons (Fsp3) is 0.250. The first-order valence-corrected chi connectivity index (χ1v) is 12.9. The molecule has 0 aliphatic heterocycles. The normalized spacial score (nSPS) is 11.4. The van der Waals surface area contributed by atoms with Crippen molar-refractivity contribution in [2.75, 3.05) is 6.61 Å². The monoisotopic (exact) mass is 574 g/mol. The highest BCUT2D eigenvalue weighted by Crippen LogP contribution is 2.38. The van der Waals surface area contributed by atoms with Gasteiger partial charge in [0.25, 0.3) is 0 Å². The van der Waals surface area contributed by atoms with Gasteiger partial charge in [0.05, 0.1) is 16.7 Å². The van der Waals surface area contributed by atoms with Gasteiger partial charge in [-0.1, -0.05) is 0 Å². The van der Waals surface area contributed by atoms with Crippen molar-refractivity contribution in [3.8, 4) is 44.8 Å². The zero-order valence-corrected chi connectivity index (χ0v) is 22.5. The second-order valence-electron chi connectivity index (χ2n) is 8.81. The Kier molecular flexibility index (Phi) is 8.78. The lowest BCUT2D eigenvalue weighted by Gasteiger charge is -2.10. The maximum atomic E-state index is 12.6. The van der Waals surface area contributed by atoms with Gasteiger partial charge in [0, 0.05) is 17.8 Å². The van der Waals surface area contributed by atoms with Crippen molar-refractivity contribution >= 4 is 17.3 Å². The van der Waals surface area contributed by atoms with E-state index in [1.54, 1.807) is 37.4 Å². The number of carboxylic acid groups (broad SMARTS) is 1. The van der Waals surface area contributed by atoms with Crippen LogP contribution in [0.2, 0.25) is 0 Å². The smallest absolute Gasteiger partial charge is 0.486 e. The number of aromatic nitrogens is 2. The van der Waals surface area contributed by atoms with Gasteiger partial charge in [0.2, 0.25) is 5.88 Å². The summed E-state index contributed by atoms with van der Waals surface area (Å²) < 4.78 is 58.6. The number of halogens is 3. The number of aliphatic carboxylic acids is 1. The Morgan fingerprint density at radius 3 is 2.30 bits per heavy atom. The van der Waals surface area contributed by atoms with E-state index < -0.39 is 18.9 Å². The number of thiazole rings is 1. The number of aryl methyl sites for hydroxylation is 1. The quantitative estimate of drug-likeness (QED) is 0.206. The summed E-state index contributed by atoms with van der Waals surface area (Å²) in [6.45, 7) is 5.23. The van der Waals surface area contributed by atoms with Gasteiger partial charge in [0.15, 0.2) is 6.61 Å². The summed E-state index contributed by atoms with van der Waals surface area (Å²) in [6, 6.07) is 14.1. The van der Waals surface area contributed by atoms with E-state index >= 15 is 0 Å². The molecule has 4 rings (SSSR count). The lowest BCUT2D eigenvalue weighted by molar-refractivity contribution is -0.274. The summed E-state index contributed by atoms with van der Waals surface area (Å²) in [4.78, 5) is 20.6. The molecule has 40 heavy (non-hydrogen) atoms. The van der Waals surface area contributed by atoms with Crippen molar-refractivity contribution in [3.63, 3.8) is 0 Å². The summed E-state index contributed by atoms with van der Waals surface area (Å²) in [5.41, 5.74) is 2.63. The first kappa shape index (κ1) is 28.7. The van der Waals surface area contributed by atoms with Crippen LogP contribution in [-0.4, -0.2) is 40.1 Å². The Morgan fingerprint density at radius 1 is 1.00 bits per heavy atom. The van der Waals surface area contributed by atoms with Crippen LogP contribution in [0.1, 0.15) is 24.4 Å². The maximum absolute atomic E-state index is 12.6. The number of rotatable bonds is 11. The molecule has 0 fully saturated rings. The van der Waals surface area contributed by atoms with Crippen LogP contribution in [0, 0.1) is 6.92 Å². The van der Waals surface area contributed by atoms with E-state index in [1.807, 2.05) is 19.9 Å². The van der Waals surface area contributed by atoms with Gasteiger partial charge in [-0.2, -0.15) is 0 Å². The third kappa shape index (κ3) is 7.85. The van der Waals surface area contributed by atoms with Crippen molar-refractivity contribution in [1.82, 2.24) is 9.97 Å². The number of carboxylic acids is 1. The van der Waals surface area contributed by atoms with Crippen LogP contribution in [0.25, 0.3) is 21.7 Å². The first-order valence-electron chi connectivity index (χ1n) is 12.0. The van der Waals surface area contributed by atoms with Gasteiger partial charge in [-0.25, -0.2) is 14.8 Å².